The molecule has 0 unspecified atom stereocenters. The zero-order valence-electron chi connectivity index (χ0n) is 17.8. The Hall–Kier alpha value is -3.03. The van der Waals surface area contributed by atoms with E-state index in [0.717, 1.165) is 29.1 Å². The maximum absolute atomic E-state index is 13.6. The van der Waals surface area contributed by atoms with Gasteiger partial charge in [0.05, 0.1) is 11.7 Å². The van der Waals surface area contributed by atoms with Crippen LogP contribution in [0.25, 0.3) is 11.3 Å². The van der Waals surface area contributed by atoms with Crippen molar-refractivity contribution in [1.29, 1.82) is 0 Å². The quantitative estimate of drug-likeness (QED) is 0.287. The first-order chi connectivity index (χ1) is 16.0. The fourth-order valence-electron chi connectivity index (χ4n) is 4.16. The Morgan fingerprint density at radius 1 is 1.09 bits per heavy atom. The zero-order chi connectivity index (χ0) is 22.9. The summed E-state index contributed by atoms with van der Waals surface area (Å²) in [6, 6.07) is 22.2. The molecule has 1 aliphatic heterocycles. The number of halogens is 2. The monoisotopic (exact) mass is 521 g/mol. The van der Waals surface area contributed by atoms with Crippen molar-refractivity contribution in [1.82, 2.24) is 10.3 Å². The summed E-state index contributed by atoms with van der Waals surface area (Å²) in [5.74, 6) is 1.08. The van der Waals surface area contributed by atoms with Gasteiger partial charge in [0.2, 0.25) is 0 Å². The number of benzene rings is 2. The van der Waals surface area contributed by atoms with Crippen molar-refractivity contribution in [2.24, 2.45) is 0 Å². The molecule has 0 amide bonds. The van der Waals surface area contributed by atoms with Gasteiger partial charge >= 0.3 is 0 Å². The van der Waals surface area contributed by atoms with Crippen molar-refractivity contribution >= 4 is 38.9 Å². The Bertz CT molecular complexity index is 1290. The van der Waals surface area contributed by atoms with Crippen LogP contribution < -0.4 is 10.2 Å². The van der Waals surface area contributed by atoms with Crippen molar-refractivity contribution in [3.63, 3.8) is 0 Å². The minimum absolute atomic E-state index is 0.194. The number of pyridine rings is 1. The van der Waals surface area contributed by atoms with Gasteiger partial charge in [-0.25, -0.2) is 4.39 Å². The molecule has 1 N–H and O–H groups in total. The number of rotatable bonds is 5. The SMILES string of the molecule is CCc1ccc(N2C(=S)N[C@@H](c3ccccn3)[C@H]2c2ccc(-c3ccc(F)cc3Br)o2)cc1. The lowest BCUT2D eigenvalue weighted by atomic mass is 10.0. The molecule has 0 bridgehead atoms. The smallest absolute Gasteiger partial charge is 0.174 e. The number of aryl methyl sites for hydroxylation is 1. The summed E-state index contributed by atoms with van der Waals surface area (Å²) >= 11 is 9.21. The molecule has 4 aromatic rings. The van der Waals surface area contributed by atoms with Crippen LogP contribution in [-0.2, 0) is 6.42 Å². The second-order valence-electron chi connectivity index (χ2n) is 7.84. The number of thiocarbonyl (C=S) groups is 1. The van der Waals surface area contributed by atoms with Gasteiger partial charge < -0.3 is 14.6 Å². The first-order valence-corrected chi connectivity index (χ1v) is 11.9. The lowest BCUT2D eigenvalue weighted by molar-refractivity contribution is 0.439. The molecule has 2 aromatic heterocycles. The van der Waals surface area contributed by atoms with E-state index < -0.39 is 0 Å². The van der Waals surface area contributed by atoms with Crippen molar-refractivity contribution in [2.75, 3.05) is 4.90 Å². The van der Waals surface area contributed by atoms with Gasteiger partial charge in [0.1, 0.15) is 23.4 Å². The molecule has 0 saturated carbocycles. The highest BCUT2D eigenvalue weighted by Crippen LogP contribution is 2.43. The summed E-state index contributed by atoms with van der Waals surface area (Å²) in [6.45, 7) is 2.13. The highest BCUT2D eigenvalue weighted by molar-refractivity contribution is 9.10. The molecule has 4 nitrogen and oxygen atoms in total. The third-order valence-corrected chi connectivity index (χ3v) is 6.81. The average molecular weight is 522 g/mol. The normalized spacial score (nSPS) is 17.9. The van der Waals surface area contributed by atoms with Gasteiger partial charge in [-0.05, 0) is 94.7 Å². The second-order valence-corrected chi connectivity index (χ2v) is 9.08. The number of hydrogen-bond donors (Lipinski definition) is 1. The number of aromatic nitrogens is 1. The largest absolute Gasteiger partial charge is 0.459 e. The molecule has 1 saturated heterocycles. The molecule has 0 radical (unpaired) electrons. The number of furan rings is 1. The van der Waals surface area contributed by atoms with E-state index in [0.29, 0.717) is 15.3 Å². The molecule has 2 atom stereocenters. The van der Waals surface area contributed by atoms with Crippen molar-refractivity contribution in [3.05, 3.63) is 106 Å². The van der Waals surface area contributed by atoms with E-state index in [1.165, 1.54) is 17.7 Å². The summed E-state index contributed by atoms with van der Waals surface area (Å²) < 4.78 is 20.6. The van der Waals surface area contributed by atoms with E-state index in [2.05, 4.69) is 62.3 Å². The van der Waals surface area contributed by atoms with Crippen LogP contribution in [-0.4, -0.2) is 10.1 Å². The molecule has 0 aliphatic carbocycles. The van der Waals surface area contributed by atoms with Crippen LogP contribution >= 0.6 is 28.1 Å². The third kappa shape index (κ3) is 4.18. The number of nitrogens with one attached hydrogen (secondary N) is 1. The average Bonchev–Trinajstić information content (AvgIpc) is 3.44. The fraction of sp³-hybridized carbons (Fsp3) is 0.154. The summed E-state index contributed by atoms with van der Waals surface area (Å²) in [7, 11) is 0. The highest BCUT2D eigenvalue weighted by Gasteiger charge is 2.42. The standard InChI is InChI=1S/C26H21BrFN3OS/c1-2-16-6-9-18(10-7-16)31-25(24(30-26(31)33)21-5-3-4-14-29-21)23-13-12-22(32-23)19-11-8-17(28)15-20(19)27/h3-15,24-25H,2H2,1H3,(H,30,33)/t24-,25+/m0/s1. The molecular weight excluding hydrogens is 501 g/mol. The van der Waals surface area contributed by atoms with Crippen molar-refractivity contribution < 1.29 is 8.81 Å². The van der Waals surface area contributed by atoms with Crippen LogP contribution in [0.15, 0.2) is 87.9 Å². The molecule has 33 heavy (non-hydrogen) atoms. The molecule has 5 rings (SSSR count). The maximum Gasteiger partial charge on any atom is 0.174 e. The van der Waals surface area contributed by atoms with Gasteiger partial charge in [-0.15, -0.1) is 0 Å². The van der Waals surface area contributed by atoms with E-state index in [1.54, 1.807) is 12.3 Å². The van der Waals surface area contributed by atoms with E-state index in [4.69, 9.17) is 16.6 Å². The molecule has 0 spiro atoms. The highest BCUT2D eigenvalue weighted by atomic mass is 79.9. The molecule has 166 valence electrons. The number of anilines is 1. The molecule has 1 aliphatic rings. The van der Waals surface area contributed by atoms with Crippen molar-refractivity contribution in [3.8, 4) is 11.3 Å². The Balaban J connectivity index is 1.59. The summed E-state index contributed by atoms with van der Waals surface area (Å²) in [4.78, 5) is 6.66. The van der Waals surface area contributed by atoms with Gasteiger partial charge in [0, 0.05) is 21.9 Å². The zero-order valence-corrected chi connectivity index (χ0v) is 20.2. The molecule has 7 heteroatoms. The second kappa shape index (κ2) is 9.08. The van der Waals surface area contributed by atoms with Crippen LogP contribution in [0, 0.1) is 5.82 Å². The van der Waals surface area contributed by atoms with Crippen LogP contribution in [0.3, 0.4) is 0 Å². The van der Waals surface area contributed by atoms with E-state index in [9.17, 15) is 4.39 Å². The minimum atomic E-state index is -0.306. The molecule has 1 fully saturated rings. The summed E-state index contributed by atoms with van der Waals surface area (Å²) in [5, 5.41) is 4.05. The van der Waals surface area contributed by atoms with E-state index in [1.807, 2.05) is 30.3 Å². The fourth-order valence-corrected chi connectivity index (χ4v) is 5.05. The van der Waals surface area contributed by atoms with Crippen molar-refractivity contribution in [2.45, 2.75) is 25.4 Å². The third-order valence-electron chi connectivity index (χ3n) is 5.84. The Morgan fingerprint density at radius 2 is 1.91 bits per heavy atom. The first kappa shape index (κ1) is 21.8. The van der Waals surface area contributed by atoms with Gasteiger partial charge in [-0.1, -0.05) is 25.1 Å². The predicted octanol–water partition coefficient (Wildman–Crippen LogP) is 6.98. The summed E-state index contributed by atoms with van der Waals surface area (Å²) in [5.41, 5.74) is 3.90. The summed E-state index contributed by atoms with van der Waals surface area (Å²) in [6.07, 6.45) is 2.75. The lowest BCUT2D eigenvalue weighted by Gasteiger charge is -2.26. The topological polar surface area (TPSA) is 41.3 Å². The Labute approximate surface area is 205 Å². The van der Waals surface area contributed by atoms with Gasteiger partial charge in [-0.3, -0.25) is 4.98 Å². The van der Waals surface area contributed by atoms with E-state index in [-0.39, 0.29) is 17.9 Å². The Morgan fingerprint density at radius 3 is 2.61 bits per heavy atom. The Kier molecular flexibility index (Phi) is 6.00. The van der Waals surface area contributed by atoms with Crippen LogP contribution in [0.4, 0.5) is 10.1 Å². The number of nitrogens with zero attached hydrogens (tertiary/aromatic N) is 2. The van der Waals surface area contributed by atoms with Gasteiger partial charge in [0.15, 0.2) is 5.11 Å². The molecule has 3 heterocycles. The van der Waals surface area contributed by atoms with Crippen LogP contribution in [0.1, 0.15) is 36.0 Å². The lowest BCUT2D eigenvalue weighted by Crippen LogP contribution is -2.29. The first-order valence-electron chi connectivity index (χ1n) is 10.7. The maximum atomic E-state index is 13.6. The molecule has 2 aromatic carbocycles. The predicted molar refractivity (Wildman–Crippen MR) is 136 cm³/mol. The van der Waals surface area contributed by atoms with Crippen LogP contribution in [0.5, 0.6) is 0 Å². The van der Waals surface area contributed by atoms with Gasteiger partial charge in [-0.2, -0.15) is 0 Å². The van der Waals surface area contributed by atoms with Gasteiger partial charge in [0.25, 0.3) is 0 Å². The van der Waals surface area contributed by atoms with Crippen LogP contribution in [0.2, 0.25) is 0 Å². The number of hydrogen-bond acceptors (Lipinski definition) is 3. The van der Waals surface area contributed by atoms with E-state index >= 15 is 0 Å². The molecular formula is C26H21BrFN3OS. The minimum Gasteiger partial charge on any atom is -0.459 e.